The van der Waals surface area contributed by atoms with Crippen molar-refractivity contribution >= 4 is 22.7 Å². The zero-order valence-corrected chi connectivity index (χ0v) is 20.1. The van der Waals surface area contributed by atoms with Gasteiger partial charge in [-0.25, -0.2) is 14.3 Å². The van der Waals surface area contributed by atoms with Gasteiger partial charge in [-0.1, -0.05) is 6.07 Å². The first kappa shape index (κ1) is 21.1. The van der Waals surface area contributed by atoms with Crippen molar-refractivity contribution in [1.82, 2.24) is 34.0 Å². The van der Waals surface area contributed by atoms with Gasteiger partial charge in [0.15, 0.2) is 11.5 Å². The van der Waals surface area contributed by atoms with Crippen LogP contribution in [-0.2, 0) is 12.8 Å². The van der Waals surface area contributed by atoms with E-state index in [1.807, 2.05) is 35.5 Å². The van der Waals surface area contributed by atoms with Gasteiger partial charge >= 0.3 is 0 Å². The van der Waals surface area contributed by atoms with Crippen LogP contribution in [-0.4, -0.2) is 54.1 Å². The summed E-state index contributed by atoms with van der Waals surface area (Å²) in [5, 5.41) is 8.60. The molecular formula is C25H30N8O. The third-order valence-corrected chi connectivity index (χ3v) is 6.95. The van der Waals surface area contributed by atoms with E-state index in [0.717, 1.165) is 31.4 Å². The molecule has 2 aliphatic rings. The van der Waals surface area contributed by atoms with Gasteiger partial charge in [0, 0.05) is 36.2 Å². The van der Waals surface area contributed by atoms with E-state index in [0.29, 0.717) is 34.9 Å². The van der Waals surface area contributed by atoms with Gasteiger partial charge < -0.3 is 10.2 Å². The third kappa shape index (κ3) is 3.51. The summed E-state index contributed by atoms with van der Waals surface area (Å²) in [4.78, 5) is 24.7. The molecule has 0 amide bonds. The molecule has 9 nitrogen and oxygen atoms in total. The van der Waals surface area contributed by atoms with Crippen LogP contribution in [0.2, 0.25) is 0 Å². The van der Waals surface area contributed by atoms with E-state index < -0.39 is 0 Å². The molecule has 1 saturated carbocycles. The first-order chi connectivity index (χ1) is 16.4. The average Bonchev–Trinajstić information content (AvgIpc) is 3.26. The topological polar surface area (TPSA) is 85.8 Å². The number of benzene rings is 1. The minimum Gasteiger partial charge on any atom is -0.324 e. The molecule has 2 aliphatic carbocycles. The lowest BCUT2D eigenvalue weighted by atomic mass is 10.1. The van der Waals surface area contributed by atoms with Crippen LogP contribution >= 0.6 is 0 Å². The van der Waals surface area contributed by atoms with Gasteiger partial charge in [-0.15, -0.1) is 0 Å². The van der Waals surface area contributed by atoms with Gasteiger partial charge in [-0.3, -0.25) is 9.48 Å². The van der Waals surface area contributed by atoms with Crippen LogP contribution in [0.25, 0.3) is 16.9 Å². The van der Waals surface area contributed by atoms with E-state index in [-0.39, 0.29) is 11.6 Å². The zero-order chi connectivity index (χ0) is 23.6. The van der Waals surface area contributed by atoms with Crippen molar-refractivity contribution in [2.24, 2.45) is 0 Å². The third-order valence-electron chi connectivity index (χ3n) is 6.95. The van der Waals surface area contributed by atoms with Gasteiger partial charge in [0.2, 0.25) is 5.95 Å². The first-order valence-electron chi connectivity index (χ1n) is 12.0. The van der Waals surface area contributed by atoms with E-state index in [2.05, 4.69) is 47.5 Å². The number of fused-ring (bicyclic) bond motifs is 2. The smallest absolute Gasteiger partial charge is 0.278 e. The zero-order valence-electron chi connectivity index (χ0n) is 20.1. The number of nitrogens with zero attached hydrogens (tertiary/aromatic N) is 7. The van der Waals surface area contributed by atoms with Gasteiger partial charge in [-0.05, 0) is 76.9 Å². The Balaban J connectivity index is 1.39. The summed E-state index contributed by atoms with van der Waals surface area (Å²) in [6, 6.07) is 9.37. The molecule has 3 aromatic heterocycles. The maximum Gasteiger partial charge on any atom is 0.278 e. The molecule has 6 rings (SSSR count). The highest BCUT2D eigenvalue weighted by Crippen LogP contribution is 2.34. The second kappa shape index (κ2) is 7.80. The van der Waals surface area contributed by atoms with Gasteiger partial charge in [-0.2, -0.15) is 10.1 Å². The summed E-state index contributed by atoms with van der Waals surface area (Å²) in [7, 11) is 4.27. The highest BCUT2D eigenvalue weighted by atomic mass is 16.1. The molecule has 0 aliphatic heterocycles. The van der Waals surface area contributed by atoms with Gasteiger partial charge in [0.25, 0.3) is 5.56 Å². The maximum atomic E-state index is 13.2. The molecule has 3 heterocycles. The fourth-order valence-electron chi connectivity index (χ4n) is 4.90. The summed E-state index contributed by atoms with van der Waals surface area (Å²) in [5.74, 6) is 1.16. The Hall–Kier alpha value is -3.46. The second-order valence-corrected chi connectivity index (χ2v) is 10.0. The number of rotatable bonds is 6. The fourth-order valence-corrected chi connectivity index (χ4v) is 4.90. The van der Waals surface area contributed by atoms with Crippen molar-refractivity contribution in [3.63, 3.8) is 0 Å². The summed E-state index contributed by atoms with van der Waals surface area (Å²) in [6.45, 7) is 3.99. The van der Waals surface area contributed by atoms with Crippen LogP contribution in [0.5, 0.6) is 0 Å². The summed E-state index contributed by atoms with van der Waals surface area (Å²) < 4.78 is 5.53. The molecule has 176 valence electrons. The molecule has 1 atom stereocenters. The van der Waals surface area contributed by atoms with Gasteiger partial charge in [0.05, 0.1) is 6.04 Å². The minimum absolute atomic E-state index is 0.0504. The number of aromatic nitrogens is 6. The molecule has 1 aromatic carbocycles. The highest BCUT2D eigenvalue weighted by molar-refractivity contribution is 5.77. The van der Waals surface area contributed by atoms with Crippen LogP contribution in [0, 0.1) is 0 Å². The Labute approximate surface area is 198 Å². The summed E-state index contributed by atoms with van der Waals surface area (Å²) >= 11 is 0. The monoisotopic (exact) mass is 458 g/mol. The molecule has 0 bridgehead atoms. The lowest BCUT2D eigenvalue weighted by molar-refractivity contribution is 0.303. The van der Waals surface area contributed by atoms with Crippen LogP contribution in [0.3, 0.4) is 0 Å². The normalized spacial score (nSPS) is 17.8. The predicted molar refractivity (Wildman–Crippen MR) is 132 cm³/mol. The van der Waals surface area contributed by atoms with E-state index in [1.165, 1.54) is 11.1 Å². The summed E-state index contributed by atoms with van der Waals surface area (Å²) in [5.41, 5.74) is 4.16. The molecule has 9 heteroatoms. The van der Waals surface area contributed by atoms with Crippen LogP contribution in [0.15, 0.2) is 41.5 Å². The molecule has 1 N–H and O–H groups in total. The Morgan fingerprint density at radius 3 is 2.65 bits per heavy atom. The van der Waals surface area contributed by atoms with Crippen LogP contribution in [0.4, 0.5) is 11.6 Å². The highest BCUT2D eigenvalue weighted by Gasteiger charge is 2.27. The lowest BCUT2D eigenvalue weighted by Crippen LogP contribution is -2.27. The molecule has 0 radical (unpaired) electrons. The van der Waals surface area contributed by atoms with E-state index in [4.69, 9.17) is 10.1 Å². The first-order valence-corrected chi connectivity index (χ1v) is 12.0. The number of hydrogen-bond donors (Lipinski definition) is 1. The van der Waals surface area contributed by atoms with E-state index in [9.17, 15) is 4.79 Å². The largest absolute Gasteiger partial charge is 0.324 e. The predicted octanol–water partition coefficient (Wildman–Crippen LogP) is 3.47. The number of likely N-dealkylation sites (N-methyl/N-ethyl adjacent to an activating group) is 1. The van der Waals surface area contributed by atoms with Crippen molar-refractivity contribution < 1.29 is 0 Å². The van der Waals surface area contributed by atoms with E-state index >= 15 is 0 Å². The van der Waals surface area contributed by atoms with Crippen molar-refractivity contribution in [1.29, 1.82) is 0 Å². The molecule has 0 saturated heterocycles. The van der Waals surface area contributed by atoms with E-state index in [1.54, 1.807) is 10.9 Å². The minimum atomic E-state index is -0.107. The number of nitrogens with one attached hydrogen (secondary N) is 1. The quantitative estimate of drug-likeness (QED) is 0.476. The Bertz CT molecular complexity index is 1440. The van der Waals surface area contributed by atoms with Crippen molar-refractivity contribution in [2.75, 3.05) is 19.4 Å². The molecule has 1 fully saturated rings. The second-order valence-electron chi connectivity index (χ2n) is 10.0. The van der Waals surface area contributed by atoms with Crippen LogP contribution < -0.4 is 10.9 Å². The Kier molecular flexibility index (Phi) is 4.84. The molecular weight excluding hydrogens is 428 g/mol. The number of anilines is 2. The average molecular weight is 459 g/mol. The van der Waals surface area contributed by atoms with Crippen molar-refractivity contribution in [3.8, 4) is 5.82 Å². The molecule has 34 heavy (non-hydrogen) atoms. The van der Waals surface area contributed by atoms with Gasteiger partial charge in [0.1, 0.15) is 5.39 Å². The fraction of sp³-hybridized carbons (Fsp3) is 0.440. The SMILES string of the molecule is CC(C)n1c(=O)c2cnc(Nc3ccc4c(c3)CC(N(C)C)C4)nc2n1-c1ccn(C2CC2)n1. The Morgan fingerprint density at radius 1 is 1.12 bits per heavy atom. The van der Waals surface area contributed by atoms with Crippen LogP contribution in [0.1, 0.15) is 49.9 Å². The molecule has 1 unspecified atom stereocenters. The lowest BCUT2D eigenvalue weighted by Gasteiger charge is -2.17. The summed E-state index contributed by atoms with van der Waals surface area (Å²) in [6.07, 6.45) is 8.02. The molecule has 0 spiro atoms. The maximum absolute atomic E-state index is 13.2. The van der Waals surface area contributed by atoms with Crippen molar-refractivity contribution in [2.45, 2.75) is 57.7 Å². The van der Waals surface area contributed by atoms with Crippen molar-refractivity contribution in [3.05, 3.63) is 58.1 Å². The Morgan fingerprint density at radius 2 is 1.91 bits per heavy atom. The molecule has 4 aromatic rings. The number of hydrogen-bond acceptors (Lipinski definition) is 6. The standard InChI is InChI=1S/C25H30N8O/c1-15(2)32-24(34)21-14-26-25(27-18-6-5-16-12-20(30(3)4)13-17(16)11-18)28-23(21)33(32)22-9-10-31(29-22)19-7-8-19/h5-6,9-11,14-15,19-20H,7-8,12-13H2,1-4H3,(H,26,27,28).